The highest BCUT2D eigenvalue weighted by Gasteiger charge is 2.25. The molecule has 0 saturated carbocycles. The molecule has 192 valence electrons. The van der Waals surface area contributed by atoms with Crippen molar-refractivity contribution in [2.24, 2.45) is 0 Å². The van der Waals surface area contributed by atoms with Gasteiger partial charge in [-0.25, -0.2) is 13.4 Å². The van der Waals surface area contributed by atoms with Gasteiger partial charge in [-0.3, -0.25) is 14.2 Å². The molecule has 2 aromatic heterocycles. The Bertz CT molecular complexity index is 1630. The summed E-state index contributed by atoms with van der Waals surface area (Å²) in [6, 6.07) is 12.2. The highest BCUT2D eigenvalue weighted by molar-refractivity contribution is 7.89. The summed E-state index contributed by atoms with van der Waals surface area (Å²) < 4.78 is 28.5. The van der Waals surface area contributed by atoms with Crippen LogP contribution in [0.3, 0.4) is 0 Å². The summed E-state index contributed by atoms with van der Waals surface area (Å²) >= 11 is 1.40. The highest BCUT2D eigenvalue weighted by Crippen LogP contribution is 2.33. The monoisotopic (exact) mass is 536 g/mol. The Morgan fingerprint density at radius 3 is 2.46 bits per heavy atom. The van der Waals surface area contributed by atoms with Gasteiger partial charge < -0.3 is 5.32 Å². The minimum Gasteiger partial charge on any atom is -0.325 e. The Balaban J connectivity index is 1.34. The second-order valence-corrected chi connectivity index (χ2v) is 12.2. The molecule has 4 aromatic rings. The van der Waals surface area contributed by atoms with E-state index >= 15 is 0 Å². The van der Waals surface area contributed by atoms with E-state index in [-0.39, 0.29) is 17.0 Å². The molecule has 0 spiro atoms. The molecule has 37 heavy (non-hydrogen) atoms. The summed E-state index contributed by atoms with van der Waals surface area (Å²) in [5.74, 6) is -0.404. The zero-order valence-corrected chi connectivity index (χ0v) is 22.4. The Hall–Kier alpha value is -3.34. The minimum absolute atomic E-state index is 0.203. The van der Waals surface area contributed by atoms with Gasteiger partial charge in [0.2, 0.25) is 15.9 Å². The number of nitrogens with one attached hydrogen (secondary N) is 1. The van der Waals surface area contributed by atoms with Crippen molar-refractivity contribution in [2.45, 2.75) is 44.6 Å². The Morgan fingerprint density at radius 1 is 1.03 bits per heavy atom. The largest absolute Gasteiger partial charge is 0.325 e. The van der Waals surface area contributed by atoms with Crippen molar-refractivity contribution in [3.63, 3.8) is 0 Å². The number of aryl methyl sites for hydroxylation is 2. The molecular formula is C27H28N4O4S2. The van der Waals surface area contributed by atoms with E-state index in [0.717, 1.165) is 41.5 Å². The molecule has 0 atom stereocenters. The SMILES string of the molecule is Cc1ccc(-c2csc3ncn(CC(=O)Nc4ccc(S(=O)(=O)N5CCCCC5)cc4)c(=O)c23)c(C)c1. The summed E-state index contributed by atoms with van der Waals surface area (Å²) in [6.07, 6.45) is 4.17. The summed E-state index contributed by atoms with van der Waals surface area (Å²) in [4.78, 5) is 31.3. The Kier molecular flexibility index (Phi) is 6.98. The third-order valence-electron chi connectivity index (χ3n) is 6.64. The maximum Gasteiger partial charge on any atom is 0.263 e. The van der Waals surface area contributed by atoms with Gasteiger partial charge >= 0.3 is 0 Å². The zero-order valence-electron chi connectivity index (χ0n) is 20.7. The second-order valence-electron chi connectivity index (χ2n) is 9.36. The summed E-state index contributed by atoms with van der Waals surface area (Å²) in [7, 11) is -3.54. The van der Waals surface area contributed by atoms with Gasteiger partial charge in [-0.05, 0) is 62.1 Å². The number of carbonyl (C=O) groups excluding carboxylic acids is 1. The van der Waals surface area contributed by atoms with Crippen molar-refractivity contribution in [1.82, 2.24) is 13.9 Å². The molecule has 0 aliphatic carbocycles. The molecule has 8 nitrogen and oxygen atoms in total. The van der Waals surface area contributed by atoms with Crippen LogP contribution in [0, 0.1) is 13.8 Å². The third-order valence-corrected chi connectivity index (χ3v) is 9.44. The van der Waals surface area contributed by atoms with Crippen molar-refractivity contribution < 1.29 is 13.2 Å². The maximum absolute atomic E-state index is 13.3. The molecule has 2 aromatic carbocycles. The molecule has 3 heterocycles. The topological polar surface area (TPSA) is 101 Å². The lowest BCUT2D eigenvalue weighted by molar-refractivity contribution is -0.116. The number of amides is 1. The molecule has 1 aliphatic heterocycles. The zero-order chi connectivity index (χ0) is 26.2. The average molecular weight is 537 g/mol. The Morgan fingerprint density at radius 2 is 1.76 bits per heavy atom. The number of hydrogen-bond donors (Lipinski definition) is 1. The van der Waals surface area contributed by atoms with E-state index < -0.39 is 15.9 Å². The smallest absolute Gasteiger partial charge is 0.263 e. The van der Waals surface area contributed by atoms with E-state index in [9.17, 15) is 18.0 Å². The summed E-state index contributed by atoms with van der Waals surface area (Å²) in [5.41, 5.74) is 4.17. The predicted molar refractivity (Wildman–Crippen MR) is 146 cm³/mol. The third kappa shape index (κ3) is 5.09. The number of nitrogens with zero attached hydrogens (tertiary/aromatic N) is 3. The average Bonchev–Trinajstić information content (AvgIpc) is 3.31. The lowest BCUT2D eigenvalue weighted by atomic mass is 9.99. The fraction of sp³-hybridized carbons (Fsp3) is 0.296. The van der Waals surface area contributed by atoms with Crippen LogP contribution in [-0.4, -0.2) is 41.3 Å². The van der Waals surface area contributed by atoms with Crippen LogP contribution in [0.5, 0.6) is 0 Å². The van der Waals surface area contributed by atoms with Gasteiger partial charge in [0.05, 0.1) is 16.6 Å². The molecule has 0 bridgehead atoms. The quantitative estimate of drug-likeness (QED) is 0.389. The molecule has 10 heteroatoms. The van der Waals surface area contributed by atoms with Gasteiger partial charge in [-0.2, -0.15) is 4.31 Å². The van der Waals surface area contributed by atoms with E-state index in [1.165, 1.54) is 38.7 Å². The number of anilines is 1. The van der Waals surface area contributed by atoms with E-state index in [2.05, 4.69) is 16.4 Å². The van der Waals surface area contributed by atoms with Crippen LogP contribution in [0.1, 0.15) is 30.4 Å². The van der Waals surface area contributed by atoms with Gasteiger partial charge in [0.15, 0.2) is 0 Å². The molecule has 1 N–H and O–H groups in total. The van der Waals surface area contributed by atoms with Crippen molar-refractivity contribution >= 4 is 43.2 Å². The molecule has 0 unspecified atom stereocenters. The number of benzene rings is 2. The lowest BCUT2D eigenvalue weighted by Crippen LogP contribution is -2.35. The second kappa shape index (κ2) is 10.2. The van der Waals surface area contributed by atoms with Gasteiger partial charge in [0.25, 0.3) is 5.56 Å². The number of thiophene rings is 1. The summed E-state index contributed by atoms with van der Waals surface area (Å²) in [6.45, 7) is 4.89. The van der Waals surface area contributed by atoms with Crippen LogP contribution in [-0.2, 0) is 21.4 Å². The first kappa shape index (κ1) is 25.3. The molecule has 1 aliphatic rings. The van der Waals surface area contributed by atoms with E-state index in [0.29, 0.717) is 29.0 Å². The van der Waals surface area contributed by atoms with Crippen LogP contribution in [0.2, 0.25) is 0 Å². The van der Waals surface area contributed by atoms with Gasteiger partial charge in [-0.15, -0.1) is 11.3 Å². The number of carbonyl (C=O) groups is 1. The van der Waals surface area contributed by atoms with E-state index in [1.54, 1.807) is 12.1 Å². The van der Waals surface area contributed by atoms with Crippen LogP contribution in [0.15, 0.2) is 63.9 Å². The molecular weight excluding hydrogens is 508 g/mol. The lowest BCUT2D eigenvalue weighted by Gasteiger charge is -2.25. The minimum atomic E-state index is -3.54. The number of piperidine rings is 1. The molecule has 1 saturated heterocycles. The van der Waals surface area contributed by atoms with Crippen LogP contribution in [0.4, 0.5) is 5.69 Å². The van der Waals surface area contributed by atoms with Gasteiger partial charge in [0, 0.05) is 29.7 Å². The number of hydrogen-bond acceptors (Lipinski definition) is 6. The van der Waals surface area contributed by atoms with Crippen LogP contribution < -0.4 is 10.9 Å². The fourth-order valence-corrected chi connectivity index (χ4v) is 7.13. The fourth-order valence-electron chi connectivity index (χ4n) is 4.71. The van der Waals surface area contributed by atoms with Crippen LogP contribution in [0.25, 0.3) is 21.3 Å². The number of sulfonamides is 1. The molecule has 5 rings (SSSR count). The first-order valence-electron chi connectivity index (χ1n) is 12.2. The van der Waals surface area contributed by atoms with E-state index in [4.69, 9.17) is 0 Å². The first-order valence-corrected chi connectivity index (χ1v) is 14.5. The number of fused-ring (bicyclic) bond motifs is 1. The highest BCUT2D eigenvalue weighted by atomic mass is 32.2. The van der Waals surface area contributed by atoms with Crippen molar-refractivity contribution in [1.29, 1.82) is 0 Å². The van der Waals surface area contributed by atoms with Crippen LogP contribution >= 0.6 is 11.3 Å². The van der Waals surface area contributed by atoms with Gasteiger partial charge in [-0.1, -0.05) is 30.2 Å². The van der Waals surface area contributed by atoms with E-state index in [1.807, 2.05) is 31.4 Å². The van der Waals surface area contributed by atoms with Crippen molar-refractivity contribution in [3.8, 4) is 11.1 Å². The molecule has 0 radical (unpaired) electrons. The number of aromatic nitrogens is 2. The first-order chi connectivity index (χ1) is 17.7. The Labute approximate surface area is 219 Å². The predicted octanol–water partition coefficient (Wildman–Crippen LogP) is 4.56. The van der Waals surface area contributed by atoms with Crippen molar-refractivity contribution in [2.75, 3.05) is 18.4 Å². The molecule has 1 fully saturated rings. The van der Waals surface area contributed by atoms with Gasteiger partial charge in [0.1, 0.15) is 11.4 Å². The van der Waals surface area contributed by atoms with Crippen molar-refractivity contribution in [3.05, 3.63) is 75.7 Å². The molecule has 1 amide bonds. The number of rotatable bonds is 6. The standard InChI is InChI=1S/C27H28N4O4S2/c1-18-6-11-22(19(2)14-18)23-16-36-26-25(23)27(33)30(17-28-26)15-24(32)29-20-7-9-21(10-8-20)37(34,35)31-12-4-3-5-13-31/h6-11,14,16-17H,3-5,12-13,15H2,1-2H3,(H,29,32). The normalized spacial score (nSPS) is 14.6. The summed E-state index contributed by atoms with van der Waals surface area (Å²) in [5, 5.41) is 5.18. The maximum atomic E-state index is 13.3.